The Morgan fingerprint density at radius 1 is 1.38 bits per heavy atom. The average Bonchev–Trinajstić information content (AvgIpc) is 2.73. The second kappa shape index (κ2) is 4.22. The molecule has 2 fully saturated rings. The van der Waals surface area contributed by atoms with Crippen molar-refractivity contribution < 1.29 is 0 Å². The number of fused-ring (bicyclic) bond motifs is 1. The zero-order valence-corrected chi connectivity index (χ0v) is 9.95. The van der Waals surface area contributed by atoms with E-state index in [-0.39, 0.29) is 0 Å². The van der Waals surface area contributed by atoms with Crippen molar-refractivity contribution >= 4 is 17.4 Å². The summed E-state index contributed by atoms with van der Waals surface area (Å²) in [4.78, 5) is 6.75. The Kier molecular flexibility index (Phi) is 2.74. The first-order valence-electron chi connectivity index (χ1n) is 5.93. The number of hydrogen-bond donors (Lipinski definition) is 1. The van der Waals surface area contributed by atoms with E-state index in [1.807, 2.05) is 12.1 Å². The molecular formula is C12H16ClN3. The van der Waals surface area contributed by atoms with Gasteiger partial charge in [-0.3, -0.25) is 0 Å². The van der Waals surface area contributed by atoms with E-state index in [0.29, 0.717) is 11.1 Å². The highest BCUT2D eigenvalue weighted by Gasteiger charge is 2.34. The zero-order valence-electron chi connectivity index (χ0n) is 9.19. The fraction of sp³-hybridized carbons (Fsp3) is 0.583. The lowest BCUT2D eigenvalue weighted by molar-refractivity contribution is 0.340. The minimum absolute atomic E-state index is 0.659. The second-order valence-corrected chi connectivity index (χ2v) is 5.14. The molecule has 2 unspecified atom stereocenters. The van der Waals surface area contributed by atoms with Crippen molar-refractivity contribution in [1.82, 2.24) is 10.3 Å². The van der Waals surface area contributed by atoms with Crippen molar-refractivity contribution in [1.29, 1.82) is 0 Å². The molecule has 2 aliphatic heterocycles. The minimum atomic E-state index is 0.659. The number of hydrogen-bond acceptors (Lipinski definition) is 3. The summed E-state index contributed by atoms with van der Waals surface area (Å²) in [6.45, 7) is 3.38. The van der Waals surface area contributed by atoms with Crippen molar-refractivity contribution in [3.05, 3.63) is 23.4 Å². The molecule has 2 atom stereocenters. The van der Waals surface area contributed by atoms with Crippen LogP contribution in [-0.2, 0) is 0 Å². The van der Waals surface area contributed by atoms with Gasteiger partial charge in [0.1, 0.15) is 5.82 Å². The third-order valence-corrected chi connectivity index (χ3v) is 3.86. The molecule has 3 rings (SSSR count). The van der Waals surface area contributed by atoms with Crippen molar-refractivity contribution in [3.63, 3.8) is 0 Å². The van der Waals surface area contributed by atoms with E-state index in [4.69, 9.17) is 11.6 Å². The molecule has 0 spiro atoms. The van der Waals surface area contributed by atoms with Crippen LogP contribution in [0.4, 0.5) is 5.82 Å². The van der Waals surface area contributed by atoms with E-state index in [2.05, 4.69) is 15.2 Å². The molecule has 1 N–H and O–H groups in total. The Labute approximate surface area is 101 Å². The molecule has 0 radical (unpaired) electrons. The topological polar surface area (TPSA) is 28.2 Å². The molecule has 2 saturated heterocycles. The monoisotopic (exact) mass is 237 g/mol. The Morgan fingerprint density at radius 3 is 3.06 bits per heavy atom. The number of rotatable bonds is 1. The molecule has 2 aliphatic rings. The SMILES string of the molecule is Clc1ccc(N2CC3CCCNC3C2)nc1. The van der Waals surface area contributed by atoms with Crippen LogP contribution in [0.2, 0.25) is 5.02 Å². The summed E-state index contributed by atoms with van der Waals surface area (Å²) in [5, 5.41) is 4.30. The van der Waals surface area contributed by atoms with E-state index in [1.54, 1.807) is 6.20 Å². The summed E-state index contributed by atoms with van der Waals surface area (Å²) in [5.74, 6) is 1.85. The number of anilines is 1. The van der Waals surface area contributed by atoms with Crippen molar-refractivity contribution in [3.8, 4) is 0 Å². The number of piperidine rings is 1. The van der Waals surface area contributed by atoms with Crippen LogP contribution in [0.25, 0.3) is 0 Å². The Morgan fingerprint density at radius 2 is 2.31 bits per heavy atom. The molecule has 4 heteroatoms. The molecule has 0 saturated carbocycles. The first-order valence-corrected chi connectivity index (χ1v) is 6.30. The van der Waals surface area contributed by atoms with Crippen LogP contribution in [0.1, 0.15) is 12.8 Å². The lowest BCUT2D eigenvalue weighted by Crippen LogP contribution is -2.40. The Balaban J connectivity index is 1.75. The summed E-state index contributed by atoms with van der Waals surface area (Å²) < 4.78 is 0. The summed E-state index contributed by atoms with van der Waals surface area (Å²) in [6, 6.07) is 4.59. The smallest absolute Gasteiger partial charge is 0.128 e. The van der Waals surface area contributed by atoms with Crippen molar-refractivity contribution in [2.45, 2.75) is 18.9 Å². The predicted octanol–water partition coefficient (Wildman–Crippen LogP) is 1.92. The number of aromatic nitrogens is 1. The quantitative estimate of drug-likeness (QED) is 0.809. The summed E-state index contributed by atoms with van der Waals surface area (Å²) in [7, 11) is 0. The standard InChI is InChI=1S/C12H16ClN3/c13-10-3-4-12(15-6-10)16-7-9-2-1-5-14-11(9)8-16/h3-4,6,9,11,14H,1-2,5,7-8H2. The van der Waals surface area contributed by atoms with E-state index in [1.165, 1.54) is 19.4 Å². The maximum Gasteiger partial charge on any atom is 0.128 e. The van der Waals surface area contributed by atoms with Gasteiger partial charge in [-0.2, -0.15) is 0 Å². The fourth-order valence-corrected chi connectivity index (χ4v) is 2.90. The third kappa shape index (κ3) is 1.89. The largest absolute Gasteiger partial charge is 0.355 e. The van der Waals surface area contributed by atoms with Gasteiger partial charge >= 0.3 is 0 Å². The Hall–Kier alpha value is -0.800. The van der Waals surface area contributed by atoms with Crippen LogP contribution < -0.4 is 10.2 Å². The molecule has 1 aromatic rings. The highest BCUT2D eigenvalue weighted by Crippen LogP contribution is 2.28. The van der Waals surface area contributed by atoms with Crippen LogP contribution >= 0.6 is 11.6 Å². The number of nitrogens with zero attached hydrogens (tertiary/aromatic N) is 2. The van der Waals surface area contributed by atoms with Gasteiger partial charge in [0, 0.05) is 25.3 Å². The maximum absolute atomic E-state index is 5.85. The van der Waals surface area contributed by atoms with Gasteiger partial charge in [0.25, 0.3) is 0 Å². The molecule has 3 nitrogen and oxygen atoms in total. The van der Waals surface area contributed by atoms with Gasteiger partial charge in [0.2, 0.25) is 0 Å². The minimum Gasteiger partial charge on any atom is -0.355 e. The molecule has 0 aliphatic carbocycles. The molecule has 3 heterocycles. The highest BCUT2D eigenvalue weighted by molar-refractivity contribution is 6.30. The summed E-state index contributed by atoms with van der Waals surface area (Å²) in [5.41, 5.74) is 0. The first kappa shape index (κ1) is 10.4. The lowest BCUT2D eigenvalue weighted by Gasteiger charge is -2.24. The average molecular weight is 238 g/mol. The van der Waals surface area contributed by atoms with Gasteiger partial charge < -0.3 is 10.2 Å². The first-order chi connectivity index (χ1) is 7.83. The van der Waals surface area contributed by atoms with E-state index < -0.39 is 0 Å². The molecule has 0 aromatic carbocycles. The van der Waals surface area contributed by atoms with Gasteiger partial charge in [0.15, 0.2) is 0 Å². The number of halogens is 1. The normalized spacial score (nSPS) is 29.2. The second-order valence-electron chi connectivity index (χ2n) is 4.70. The Bertz CT molecular complexity index is 351. The van der Waals surface area contributed by atoms with Crippen LogP contribution in [-0.4, -0.2) is 30.7 Å². The van der Waals surface area contributed by atoms with E-state index in [0.717, 1.165) is 24.8 Å². The molecule has 0 bridgehead atoms. The predicted molar refractivity (Wildman–Crippen MR) is 66.0 cm³/mol. The van der Waals surface area contributed by atoms with Gasteiger partial charge in [-0.05, 0) is 37.4 Å². The van der Waals surface area contributed by atoms with Crippen LogP contribution in [0.5, 0.6) is 0 Å². The van der Waals surface area contributed by atoms with E-state index >= 15 is 0 Å². The van der Waals surface area contributed by atoms with Crippen molar-refractivity contribution in [2.24, 2.45) is 5.92 Å². The zero-order chi connectivity index (χ0) is 11.0. The van der Waals surface area contributed by atoms with Gasteiger partial charge in [-0.1, -0.05) is 11.6 Å². The maximum atomic E-state index is 5.85. The lowest BCUT2D eigenvalue weighted by atomic mass is 9.94. The van der Waals surface area contributed by atoms with Gasteiger partial charge in [-0.25, -0.2) is 4.98 Å². The number of pyridine rings is 1. The van der Waals surface area contributed by atoms with Crippen LogP contribution in [0.15, 0.2) is 18.3 Å². The van der Waals surface area contributed by atoms with Crippen LogP contribution in [0.3, 0.4) is 0 Å². The van der Waals surface area contributed by atoms with E-state index in [9.17, 15) is 0 Å². The van der Waals surface area contributed by atoms with Gasteiger partial charge in [-0.15, -0.1) is 0 Å². The van der Waals surface area contributed by atoms with Crippen molar-refractivity contribution in [2.75, 3.05) is 24.5 Å². The third-order valence-electron chi connectivity index (χ3n) is 3.64. The molecule has 16 heavy (non-hydrogen) atoms. The summed E-state index contributed by atoms with van der Waals surface area (Å²) >= 11 is 5.85. The fourth-order valence-electron chi connectivity index (χ4n) is 2.79. The highest BCUT2D eigenvalue weighted by atomic mass is 35.5. The molecule has 86 valence electrons. The van der Waals surface area contributed by atoms with Crippen LogP contribution in [0, 0.1) is 5.92 Å². The number of nitrogens with one attached hydrogen (secondary N) is 1. The molecule has 1 aromatic heterocycles. The van der Waals surface area contributed by atoms with Gasteiger partial charge in [0.05, 0.1) is 5.02 Å². The summed E-state index contributed by atoms with van der Waals surface area (Å²) in [6.07, 6.45) is 4.39. The molecular weight excluding hydrogens is 222 g/mol. The molecule has 0 amide bonds.